The second-order valence-corrected chi connectivity index (χ2v) is 4.27. The Kier molecular flexibility index (Phi) is 4.95. The van der Waals surface area contributed by atoms with Crippen molar-refractivity contribution in [1.29, 1.82) is 0 Å². The first-order valence-corrected chi connectivity index (χ1v) is 6.09. The van der Waals surface area contributed by atoms with Gasteiger partial charge in [-0.3, -0.25) is 9.59 Å². The van der Waals surface area contributed by atoms with Gasteiger partial charge in [-0.25, -0.2) is 0 Å². The zero-order valence-corrected chi connectivity index (χ0v) is 10.9. The number of carboxylic acids is 1. The summed E-state index contributed by atoms with van der Waals surface area (Å²) in [6.45, 7) is 5.72. The standard InChI is InChI=1S/C13H19NO4/c1-4-9(5-2)14-13(17)12-8(3)7-18-10(12)6-11(15)16/h7,9H,4-6H2,1-3H3,(H,14,17)(H,15,16). The summed E-state index contributed by atoms with van der Waals surface area (Å²) in [5.74, 6) is -1.06. The monoisotopic (exact) mass is 253 g/mol. The molecule has 100 valence electrons. The summed E-state index contributed by atoms with van der Waals surface area (Å²) in [5, 5.41) is 11.6. The van der Waals surface area contributed by atoms with Crippen LogP contribution in [0.1, 0.15) is 48.4 Å². The van der Waals surface area contributed by atoms with Gasteiger partial charge in [-0.05, 0) is 19.8 Å². The van der Waals surface area contributed by atoms with Gasteiger partial charge in [-0.1, -0.05) is 13.8 Å². The summed E-state index contributed by atoms with van der Waals surface area (Å²) < 4.78 is 5.13. The van der Waals surface area contributed by atoms with E-state index in [1.165, 1.54) is 6.26 Å². The summed E-state index contributed by atoms with van der Waals surface area (Å²) in [7, 11) is 0. The number of hydrogen-bond donors (Lipinski definition) is 2. The lowest BCUT2D eigenvalue weighted by atomic mass is 10.1. The Morgan fingerprint density at radius 3 is 2.50 bits per heavy atom. The number of carbonyl (C=O) groups excluding carboxylic acids is 1. The molecule has 1 aromatic heterocycles. The minimum absolute atomic E-state index is 0.101. The van der Waals surface area contributed by atoms with Crippen LogP contribution in [0.3, 0.4) is 0 Å². The molecule has 0 saturated heterocycles. The van der Waals surface area contributed by atoms with E-state index in [9.17, 15) is 9.59 Å². The average molecular weight is 253 g/mol. The number of aryl methyl sites for hydroxylation is 1. The molecule has 0 bridgehead atoms. The molecule has 2 N–H and O–H groups in total. The highest BCUT2D eigenvalue weighted by Gasteiger charge is 2.21. The molecule has 0 unspecified atom stereocenters. The van der Waals surface area contributed by atoms with Gasteiger partial charge in [0.25, 0.3) is 5.91 Å². The minimum atomic E-state index is -1.01. The fourth-order valence-electron chi connectivity index (χ4n) is 1.82. The molecule has 1 amide bonds. The number of rotatable bonds is 6. The summed E-state index contributed by atoms with van der Waals surface area (Å²) in [6, 6.07) is 0.101. The highest BCUT2D eigenvalue weighted by molar-refractivity contribution is 5.97. The van der Waals surface area contributed by atoms with Crippen molar-refractivity contribution in [3.8, 4) is 0 Å². The van der Waals surface area contributed by atoms with Gasteiger partial charge in [0.05, 0.1) is 11.8 Å². The number of carbonyl (C=O) groups is 2. The van der Waals surface area contributed by atoms with Crippen LogP contribution in [-0.2, 0) is 11.2 Å². The molecule has 1 heterocycles. The molecule has 0 spiro atoms. The molecular formula is C13H19NO4. The van der Waals surface area contributed by atoms with E-state index >= 15 is 0 Å². The molecule has 0 aliphatic rings. The molecule has 0 saturated carbocycles. The van der Waals surface area contributed by atoms with Gasteiger partial charge < -0.3 is 14.8 Å². The molecule has 5 heteroatoms. The Bertz CT molecular complexity index is 432. The summed E-state index contributed by atoms with van der Waals surface area (Å²) >= 11 is 0. The first kappa shape index (κ1) is 14.3. The van der Waals surface area contributed by atoms with Gasteiger partial charge in [0.2, 0.25) is 0 Å². The molecule has 0 aromatic carbocycles. The van der Waals surface area contributed by atoms with E-state index in [2.05, 4.69) is 5.32 Å². The maximum absolute atomic E-state index is 12.1. The van der Waals surface area contributed by atoms with E-state index in [1.54, 1.807) is 6.92 Å². The number of nitrogens with one attached hydrogen (secondary N) is 1. The average Bonchev–Trinajstić information content (AvgIpc) is 2.66. The normalized spacial score (nSPS) is 10.7. The lowest BCUT2D eigenvalue weighted by molar-refractivity contribution is -0.136. The van der Waals surface area contributed by atoms with Crippen LogP contribution < -0.4 is 5.32 Å². The van der Waals surface area contributed by atoms with E-state index in [4.69, 9.17) is 9.52 Å². The fourth-order valence-corrected chi connectivity index (χ4v) is 1.82. The lowest BCUT2D eigenvalue weighted by Crippen LogP contribution is -2.34. The van der Waals surface area contributed by atoms with E-state index in [0.717, 1.165) is 12.8 Å². The Balaban J connectivity index is 2.90. The molecule has 18 heavy (non-hydrogen) atoms. The van der Waals surface area contributed by atoms with Crippen molar-refractivity contribution in [2.24, 2.45) is 0 Å². The van der Waals surface area contributed by atoms with Crippen LogP contribution in [0.5, 0.6) is 0 Å². The van der Waals surface area contributed by atoms with Gasteiger partial charge >= 0.3 is 5.97 Å². The van der Waals surface area contributed by atoms with E-state index in [-0.39, 0.29) is 24.1 Å². The topological polar surface area (TPSA) is 79.5 Å². The van der Waals surface area contributed by atoms with Crippen LogP contribution in [0, 0.1) is 6.92 Å². The van der Waals surface area contributed by atoms with Crippen LogP contribution in [0.2, 0.25) is 0 Å². The summed E-state index contributed by atoms with van der Waals surface area (Å²) in [6.07, 6.45) is 2.82. The molecule has 0 fully saturated rings. The van der Waals surface area contributed by atoms with Crippen molar-refractivity contribution in [1.82, 2.24) is 5.32 Å². The smallest absolute Gasteiger partial charge is 0.311 e. The number of hydrogen-bond acceptors (Lipinski definition) is 3. The summed E-state index contributed by atoms with van der Waals surface area (Å²) in [5.41, 5.74) is 1.01. The highest BCUT2D eigenvalue weighted by atomic mass is 16.4. The number of aliphatic carboxylic acids is 1. The van der Waals surface area contributed by atoms with Crippen molar-refractivity contribution in [3.05, 3.63) is 23.2 Å². The molecular weight excluding hydrogens is 234 g/mol. The third-order valence-electron chi connectivity index (χ3n) is 2.91. The van der Waals surface area contributed by atoms with Crippen LogP contribution in [0.4, 0.5) is 0 Å². The molecule has 0 aliphatic carbocycles. The van der Waals surface area contributed by atoms with E-state index < -0.39 is 5.97 Å². The quantitative estimate of drug-likeness (QED) is 0.814. The lowest BCUT2D eigenvalue weighted by Gasteiger charge is -2.14. The fraction of sp³-hybridized carbons (Fsp3) is 0.538. The van der Waals surface area contributed by atoms with Crippen LogP contribution in [-0.4, -0.2) is 23.0 Å². The molecule has 0 radical (unpaired) electrons. The molecule has 1 aromatic rings. The largest absolute Gasteiger partial charge is 0.481 e. The third kappa shape index (κ3) is 3.35. The van der Waals surface area contributed by atoms with Gasteiger partial charge in [0.1, 0.15) is 12.2 Å². The number of carboxylic acid groups (broad SMARTS) is 1. The van der Waals surface area contributed by atoms with Crippen molar-refractivity contribution in [2.45, 2.75) is 46.1 Å². The predicted molar refractivity (Wildman–Crippen MR) is 66.6 cm³/mol. The van der Waals surface area contributed by atoms with Crippen LogP contribution in [0.25, 0.3) is 0 Å². The number of amides is 1. The number of furan rings is 1. The SMILES string of the molecule is CCC(CC)NC(=O)c1c(C)coc1CC(=O)O. The molecule has 0 aliphatic heterocycles. The second-order valence-electron chi connectivity index (χ2n) is 4.27. The first-order valence-electron chi connectivity index (χ1n) is 6.09. The van der Waals surface area contributed by atoms with Crippen molar-refractivity contribution < 1.29 is 19.1 Å². The van der Waals surface area contributed by atoms with Crippen molar-refractivity contribution in [3.63, 3.8) is 0 Å². The van der Waals surface area contributed by atoms with Gasteiger partial charge in [0.15, 0.2) is 0 Å². The highest BCUT2D eigenvalue weighted by Crippen LogP contribution is 2.17. The van der Waals surface area contributed by atoms with Gasteiger partial charge in [0, 0.05) is 11.6 Å². The molecule has 1 rings (SSSR count). The van der Waals surface area contributed by atoms with E-state index in [1.807, 2.05) is 13.8 Å². The Labute approximate surface area is 106 Å². The molecule has 0 atom stereocenters. The summed E-state index contributed by atoms with van der Waals surface area (Å²) in [4.78, 5) is 22.8. The van der Waals surface area contributed by atoms with Crippen LogP contribution in [0.15, 0.2) is 10.7 Å². The second kappa shape index (κ2) is 6.23. The van der Waals surface area contributed by atoms with Crippen molar-refractivity contribution >= 4 is 11.9 Å². The molecule has 5 nitrogen and oxygen atoms in total. The zero-order chi connectivity index (χ0) is 13.7. The maximum Gasteiger partial charge on any atom is 0.311 e. The minimum Gasteiger partial charge on any atom is -0.481 e. The Morgan fingerprint density at radius 2 is 2.00 bits per heavy atom. The maximum atomic E-state index is 12.1. The first-order chi connectivity index (χ1) is 8.49. The zero-order valence-electron chi connectivity index (χ0n) is 10.9. The third-order valence-corrected chi connectivity index (χ3v) is 2.91. The van der Waals surface area contributed by atoms with Gasteiger partial charge in [-0.2, -0.15) is 0 Å². The van der Waals surface area contributed by atoms with E-state index in [0.29, 0.717) is 11.1 Å². The Morgan fingerprint density at radius 1 is 1.39 bits per heavy atom. The van der Waals surface area contributed by atoms with Crippen LogP contribution >= 0.6 is 0 Å². The van der Waals surface area contributed by atoms with Gasteiger partial charge in [-0.15, -0.1) is 0 Å². The Hall–Kier alpha value is -1.78. The van der Waals surface area contributed by atoms with Crippen molar-refractivity contribution in [2.75, 3.05) is 0 Å². The predicted octanol–water partition coefficient (Wildman–Crippen LogP) is 2.13.